The molecule has 0 aliphatic carbocycles. The van der Waals surface area contributed by atoms with Crippen LogP contribution in [0.3, 0.4) is 0 Å². The molecule has 6 nitrogen and oxygen atoms in total. The Balaban J connectivity index is 1.44. The van der Waals surface area contributed by atoms with E-state index >= 15 is 0 Å². The number of anilines is 1. The molecular formula is C16H19N5O. The van der Waals surface area contributed by atoms with Gasteiger partial charge in [-0.25, -0.2) is 0 Å². The van der Waals surface area contributed by atoms with Crippen LogP contribution in [0.1, 0.15) is 18.4 Å². The molecule has 114 valence electrons. The number of carbonyl (C=O) groups excluding carboxylic acids is 1. The van der Waals surface area contributed by atoms with Gasteiger partial charge in [0.2, 0.25) is 5.91 Å². The first-order valence-electron chi connectivity index (χ1n) is 7.74. The number of aromatic nitrogens is 3. The number of hydrogen-bond donors (Lipinski definition) is 1. The van der Waals surface area contributed by atoms with Crippen LogP contribution in [0.25, 0.3) is 0 Å². The smallest absolute Gasteiger partial charge is 0.235 e. The molecule has 1 aromatic carbocycles. The highest BCUT2D eigenvalue weighted by Crippen LogP contribution is 2.44. The van der Waals surface area contributed by atoms with Gasteiger partial charge in [0.25, 0.3) is 0 Å². The number of nitrogens with zero attached hydrogens (tertiary/aromatic N) is 4. The van der Waals surface area contributed by atoms with Gasteiger partial charge in [-0.3, -0.25) is 4.79 Å². The van der Waals surface area contributed by atoms with Crippen LogP contribution in [-0.4, -0.2) is 45.2 Å². The van der Waals surface area contributed by atoms with Crippen molar-refractivity contribution in [1.29, 1.82) is 0 Å². The molecule has 2 aliphatic heterocycles. The normalized spacial score (nSPS) is 20.1. The van der Waals surface area contributed by atoms with E-state index < -0.39 is 0 Å². The van der Waals surface area contributed by atoms with E-state index in [2.05, 4.69) is 26.5 Å². The van der Waals surface area contributed by atoms with E-state index in [-0.39, 0.29) is 11.3 Å². The van der Waals surface area contributed by atoms with E-state index in [4.69, 9.17) is 0 Å². The van der Waals surface area contributed by atoms with Crippen LogP contribution < -0.4 is 5.32 Å². The summed E-state index contributed by atoms with van der Waals surface area (Å²) in [6, 6.07) is 8.10. The summed E-state index contributed by atoms with van der Waals surface area (Å²) in [5, 5.41) is 10.7. The lowest BCUT2D eigenvalue weighted by molar-refractivity contribution is -0.122. The second kappa shape index (κ2) is 5.21. The van der Waals surface area contributed by atoms with Crippen LogP contribution in [0.5, 0.6) is 0 Å². The molecule has 22 heavy (non-hydrogen) atoms. The third-order valence-corrected chi connectivity index (χ3v) is 4.98. The largest absolute Gasteiger partial charge is 0.325 e. The number of nitrogens with one attached hydrogen (secondary N) is 1. The number of rotatable bonds is 3. The predicted molar refractivity (Wildman–Crippen MR) is 82.4 cm³/mol. The molecule has 1 aromatic heterocycles. The van der Waals surface area contributed by atoms with Gasteiger partial charge in [0.1, 0.15) is 12.7 Å². The summed E-state index contributed by atoms with van der Waals surface area (Å²) in [4.78, 5) is 14.9. The minimum atomic E-state index is -0.316. The Morgan fingerprint density at radius 1 is 1.09 bits per heavy atom. The molecule has 0 unspecified atom stereocenters. The van der Waals surface area contributed by atoms with Crippen molar-refractivity contribution in [2.45, 2.75) is 24.8 Å². The fourth-order valence-corrected chi connectivity index (χ4v) is 3.62. The predicted octanol–water partition coefficient (Wildman–Crippen LogP) is 1.26. The van der Waals surface area contributed by atoms with Crippen molar-refractivity contribution in [3.8, 4) is 0 Å². The molecule has 1 N–H and O–H groups in total. The van der Waals surface area contributed by atoms with Crippen molar-refractivity contribution in [3.63, 3.8) is 0 Å². The van der Waals surface area contributed by atoms with Gasteiger partial charge >= 0.3 is 0 Å². The van der Waals surface area contributed by atoms with E-state index in [1.807, 2.05) is 22.8 Å². The maximum Gasteiger partial charge on any atom is 0.235 e. The fourth-order valence-electron chi connectivity index (χ4n) is 3.62. The van der Waals surface area contributed by atoms with Gasteiger partial charge in [0.15, 0.2) is 0 Å². The Bertz CT molecular complexity index is 674. The lowest BCUT2D eigenvalue weighted by atomic mass is 9.74. The molecule has 1 spiro atoms. The summed E-state index contributed by atoms with van der Waals surface area (Å²) in [6.45, 7) is 3.76. The second-order valence-electron chi connectivity index (χ2n) is 6.12. The fraction of sp³-hybridized carbons (Fsp3) is 0.438. The van der Waals surface area contributed by atoms with Crippen LogP contribution in [0.15, 0.2) is 36.9 Å². The first-order valence-corrected chi connectivity index (χ1v) is 7.74. The van der Waals surface area contributed by atoms with E-state index in [0.29, 0.717) is 0 Å². The summed E-state index contributed by atoms with van der Waals surface area (Å²) in [5.74, 6) is 0.173. The zero-order chi connectivity index (χ0) is 15.0. The van der Waals surface area contributed by atoms with Gasteiger partial charge < -0.3 is 14.8 Å². The topological polar surface area (TPSA) is 63.1 Å². The molecule has 1 fully saturated rings. The zero-order valence-corrected chi connectivity index (χ0v) is 12.4. The molecule has 0 atom stereocenters. The lowest BCUT2D eigenvalue weighted by Gasteiger charge is -2.38. The van der Waals surface area contributed by atoms with E-state index in [1.165, 1.54) is 5.56 Å². The minimum absolute atomic E-state index is 0.173. The Hall–Kier alpha value is -2.21. The molecule has 1 amide bonds. The molecule has 2 aliphatic rings. The Morgan fingerprint density at radius 3 is 2.59 bits per heavy atom. The molecule has 1 saturated heterocycles. The average Bonchev–Trinajstić information content (AvgIpc) is 3.15. The van der Waals surface area contributed by atoms with Gasteiger partial charge in [0.05, 0.1) is 5.41 Å². The van der Waals surface area contributed by atoms with Gasteiger partial charge in [-0.2, -0.15) is 0 Å². The third kappa shape index (κ3) is 2.11. The van der Waals surface area contributed by atoms with Crippen molar-refractivity contribution in [3.05, 3.63) is 42.5 Å². The molecule has 2 aromatic rings. The lowest BCUT2D eigenvalue weighted by Crippen LogP contribution is -2.47. The molecule has 4 rings (SSSR count). The SMILES string of the molecule is O=C1Nc2ccccc2C12CCN(CCn1cnnc1)CC2. The number of hydrogen-bond acceptors (Lipinski definition) is 4. The molecular weight excluding hydrogens is 278 g/mol. The summed E-state index contributed by atoms with van der Waals surface area (Å²) in [7, 11) is 0. The summed E-state index contributed by atoms with van der Waals surface area (Å²) < 4.78 is 1.99. The highest BCUT2D eigenvalue weighted by atomic mass is 16.2. The standard InChI is InChI=1S/C16H19N5O/c22-15-16(13-3-1-2-4-14(13)19-15)5-7-20(8-6-16)9-10-21-11-17-18-12-21/h1-4,11-12H,5-10H2,(H,19,22). The number of amides is 1. The summed E-state index contributed by atoms with van der Waals surface area (Å²) in [5.41, 5.74) is 1.85. The Morgan fingerprint density at radius 2 is 1.82 bits per heavy atom. The van der Waals surface area contributed by atoms with E-state index in [1.54, 1.807) is 12.7 Å². The van der Waals surface area contributed by atoms with Crippen molar-refractivity contribution in [2.24, 2.45) is 0 Å². The maximum absolute atomic E-state index is 12.5. The summed E-state index contributed by atoms with van der Waals surface area (Å²) in [6.07, 6.45) is 5.26. The number of para-hydroxylation sites is 1. The minimum Gasteiger partial charge on any atom is -0.325 e. The molecule has 0 bridgehead atoms. The number of piperidine rings is 1. The quantitative estimate of drug-likeness (QED) is 0.926. The van der Waals surface area contributed by atoms with E-state index in [0.717, 1.165) is 44.7 Å². The maximum atomic E-state index is 12.5. The Kier molecular flexibility index (Phi) is 3.18. The third-order valence-electron chi connectivity index (χ3n) is 4.98. The highest BCUT2D eigenvalue weighted by Gasteiger charge is 2.47. The van der Waals surface area contributed by atoms with Crippen LogP contribution in [0.2, 0.25) is 0 Å². The first-order chi connectivity index (χ1) is 10.8. The molecule has 0 saturated carbocycles. The average molecular weight is 297 g/mol. The highest BCUT2D eigenvalue weighted by molar-refractivity contribution is 6.06. The van der Waals surface area contributed by atoms with Crippen molar-refractivity contribution in [1.82, 2.24) is 19.7 Å². The summed E-state index contributed by atoms with van der Waals surface area (Å²) >= 11 is 0. The van der Waals surface area contributed by atoms with Crippen LogP contribution >= 0.6 is 0 Å². The number of carbonyl (C=O) groups is 1. The van der Waals surface area contributed by atoms with Crippen molar-refractivity contribution in [2.75, 3.05) is 25.0 Å². The second-order valence-corrected chi connectivity index (χ2v) is 6.12. The number of fused-ring (bicyclic) bond motifs is 2. The monoisotopic (exact) mass is 297 g/mol. The van der Waals surface area contributed by atoms with Crippen LogP contribution in [0, 0.1) is 0 Å². The molecule has 6 heteroatoms. The first kappa shape index (κ1) is 13.5. The molecule has 0 radical (unpaired) electrons. The molecule has 3 heterocycles. The number of likely N-dealkylation sites (tertiary alicyclic amines) is 1. The van der Waals surface area contributed by atoms with Crippen LogP contribution in [-0.2, 0) is 16.8 Å². The van der Waals surface area contributed by atoms with Gasteiger partial charge in [-0.1, -0.05) is 18.2 Å². The Labute approximate surface area is 129 Å². The van der Waals surface area contributed by atoms with Crippen molar-refractivity contribution < 1.29 is 4.79 Å². The van der Waals surface area contributed by atoms with E-state index in [9.17, 15) is 4.79 Å². The van der Waals surface area contributed by atoms with Gasteiger partial charge in [0, 0.05) is 18.8 Å². The zero-order valence-electron chi connectivity index (χ0n) is 12.4. The van der Waals surface area contributed by atoms with Crippen LogP contribution in [0.4, 0.5) is 5.69 Å². The van der Waals surface area contributed by atoms with Crippen molar-refractivity contribution >= 4 is 11.6 Å². The van der Waals surface area contributed by atoms with Gasteiger partial charge in [-0.15, -0.1) is 10.2 Å². The van der Waals surface area contributed by atoms with Gasteiger partial charge in [-0.05, 0) is 37.6 Å². The number of benzene rings is 1.